The number of hydrogen-bond donors (Lipinski definition) is 1. The van der Waals surface area contributed by atoms with Crippen LogP contribution < -0.4 is 5.73 Å². The van der Waals surface area contributed by atoms with E-state index in [9.17, 15) is 9.59 Å². The van der Waals surface area contributed by atoms with Crippen molar-refractivity contribution in [3.8, 4) is 22.3 Å². The third-order valence-electron chi connectivity index (χ3n) is 6.57. The fraction of sp³-hybridized carbons (Fsp3) is 0.231. The molecular formula is C26H23Cl2N3O2. The van der Waals surface area contributed by atoms with E-state index in [-0.39, 0.29) is 5.91 Å². The topological polar surface area (TPSA) is 66.6 Å². The van der Waals surface area contributed by atoms with Crippen molar-refractivity contribution >= 4 is 35.0 Å². The molecule has 7 heteroatoms. The summed E-state index contributed by atoms with van der Waals surface area (Å²) in [6.07, 6.45) is 0.564. The summed E-state index contributed by atoms with van der Waals surface area (Å²) in [7, 11) is 2.07. The van der Waals surface area contributed by atoms with Crippen LogP contribution in [0.25, 0.3) is 22.3 Å². The van der Waals surface area contributed by atoms with Gasteiger partial charge in [0.15, 0.2) is 0 Å². The summed E-state index contributed by atoms with van der Waals surface area (Å²) in [5.74, 6) is -0.428. The Hall–Kier alpha value is -2.86. The van der Waals surface area contributed by atoms with Crippen molar-refractivity contribution in [2.45, 2.75) is 6.42 Å². The van der Waals surface area contributed by atoms with Crippen molar-refractivity contribution in [2.75, 3.05) is 33.2 Å². The Morgan fingerprint density at radius 2 is 1.61 bits per heavy atom. The first-order valence-electron chi connectivity index (χ1n) is 10.8. The number of carbonyl (C=O) groups excluding carboxylic acids is 2. The standard InChI is InChI=1S/C26H23Cl2N3O2/c1-30-6-8-31(9-7-30)26(33)16-2-4-19-18(10-16)13-21-20(19)11-17(12-22(21)25(29)32)15-3-5-23(27)24(28)14-15/h2-5,10-12,14H,6-9,13H2,1H3,(H2,29,32). The minimum absolute atomic E-state index is 0.0495. The molecule has 33 heavy (non-hydrogen) atoms. The maximum Gasteiger partial charge on any atom is 0.253 e. The van der Waals surface area contributed by atoms with Gasteiger partial charge in [-0.25, -0.2) is 0 Å². The average Bonchev–Trinajstić information content (AvgIpc) is 3.18. The van der Waals surface area contributed by atoms with Crippen molar-refractivity contribution in [2.24, 2.45) is 5.73 Å². The first-order chi connectivity index (χ1) is 15.8. The fourth-order valence-corrected chi connectivity index (χ4v) is 4.98. The van der Waals surface area contributed by atoms with Crippen LogP contribution in [-0.4, -0.2) is 54.8 Å². The number of nitrogens with two attached hydrogens (primary N) is 1. The lowest BCUT2D eigenvalue weighted by atomic mass is 9.94. The number of carbonyl (C=O) groups is 2. The SMILES string of the molecule is CN1CCN(C(=O)c2ccc3c(c2)Cc2c(C(N)=O)cc(-c4ccc(Cl)c(Cl)c4)cc2-3)CC1. The molecule has 0 aromatic heterocycles. The molecule has 5 rings (SSSR count). The van der Waals surface area contributed by atoms with E-state index in [0.717, 1.165) is 59.6 Å². The number of rotatable bonds is 3. The van der Waals surface area contributed by atoms with E-state index in [1.165, 1.54) is 0 Å². The number of nitrogens with zero attached hydrogens (tertiary/aromatic N) is 2. The Kier molecular flexibility index (Phi) is 5.65. The van der Waals surface area contributed by atoms with Crippen molar-refractivity contribution in [3.05, 3.63) is 80.8 Å². The molecule has 2 amide bonds. The highest BCUT2D eigenvalue weighted by Gasteiger charge is 2.27. The van der Waals surface area contributed by atoms with E-state index in [4.69, 9.17) is 28.9 Å². The molecule has 0 atom stereocenters. The highest BCUT2D eigenvalue weighted by Crippen LogP contribution is 2.42. The van der Waals surface area contributed by atoms with Crippen LogP contribution in [0.1, 0.15) is 31.8 Å². The molecule has 1 fully saturated rings. The van der Waals surface area contributed by atoms with Crippen molar-refractivity contribution in [3.63, 3.8) is 0 Å². The normalized spacial score (nSPS) is 15.3. The van der Waals surface area contributed by atoms with Gasteiger partial charge in [0.2, 0.25) is 5.91 Å². The Balaban J connectivity index is 1.54. The van der Waals surface area contributed by atoms with Crippen LogP contribution >= 0.6 is 23.2 Å². The third kappa shape index (κ3) is 4.01. The number of hydrogen-bond acceptors (Lipinski definition) is 3. The van der Waals surface area contributed by atoms with Crippen molar-refractivity contribution < 1.29 is 9.59 Å². The van der Waals surface area contributed by atoms with Crippen molar-refractivity contribution in [1.29, 1.82) is 0 Å². The number of halogens is 2. The smallest absolute Gasteiger partial charge is 0.253 e. The molecule has 3 aromatic carbocycles. The Morgan fingerprint density at radius 3 is 2.30 bits per heavy atom. The molecule has 1 heterocycles. The van der Waals surface area contributed by atoms with E-state index < -0.39 is 5.91 Å². The summed E-state index contributed by atoms with van der Waals surface area (Å²) in [6, 6.07) is 15.1. The second-order valence-electron chi connectivity index (χ2n) is 8.69. The second kappa shape index (κ2) is 8.49. The zero-order valence-electron chi connectivity index (χ0n) is 18.2. The lowest BCUT2D eigenvalue weighted by Gasteiger charge is -2.32. The minimum Gasteiger partial charge on any atom is -0.366 e. The number of amides is 2. The summed E-state index contributed by atoms with van der Waals surface area (Å²) < 4.78 is 0. The van der Waals surface area contributed by atoms with Gasteiger partial charge in [-0.2, -0.15) is 0 Å². The molecule has 1 aliphatic heterocycles. The van der Waals surface area contributed by atoms with Gasteiger partial charge in [0.05, 0.1) is 10.0 Å². The molecule has 1 aliphatic carbocycles. The summed E-state index contributed by atoms with van der Waals surface area (Å²) in [4.78, 5) is 29.5. The zero-order valence-corrected chi connectivity index (χ0v) is 19.7. The van der Waals surface area contributed by atoms with Crippen LogP contribution in [-0.2, 0) is 6.42 Å². The molecule has 0 bridgehead atoms. The summed E-state index contributed by atoms with van der Waals surface area (Å²) >= 11 is 12.3. The van der Waals surface area contributed by atoms with E-state index in [1.807, 2.05) is 35.2 Å². The third-order valence-corrected chi connectivity index (χ3v) is 7.31. The fourth-order valence-electron chi connectivity index (χ4n) is 4.68. The summed E-state index contributed by atoms with van der Waals surface area (Å²) in [5.41, 5.74) is 12.5. The molecule has 0 spiro atoms. The predicted octanol–water partition coefficient (Wildman–Crippen LogP) is 4.72. The van der Waals surface area contributed by atoms with Gasteiger partial charge in [-0.3, -0.25) is 9.59 Å². The molecule has 168 valence electrons. The van der Waals surface area contributed by atoms with E-state index in [2.05, 4.69) is 18.0 Å². The molecule has 0 unspecified atom stereocenters. The number of benzene rings is 3. The molecule has 5 nitrogen and oxygen atoms in total. The number of fused-ring (bicyclic) bond motifs is 3. The van der Waals surface area contributed by atoms with Crippen LogP contribution in [0, 0.1) is 0 Å². The molecule has 2 N–H and O–H groups in total. The van der Waals surface area contributed by atoms with Gasteiger partial charge in [-0.05, 0) is 83.2 Å². The first-order valence-corrected chi connectivity index (χ1v) is 11.6. The minimum atomic E-state index is -0.477. The highest BCUT2D eigenvalue weighted by molar-refractivity contribution is 6.42. The van der Waals surface area contributed by atoms with Crippen molar-refractivity contribution in [1.82, 2.24) is 9.80 Å². The van der Waals surface area contributed by atoms with Gasteiger partial charge in [-0.1, -0.05) is 35.3 Å². The quantitative estimate of drug-likeness (QED) is 0.462. The highest BCUT2D eigenvalue weighted by atomic mass is 35.5. The van der Waals surface area contributed by atoms with Gasteiger partial charge in [0.25, 0.3) is 5.91 Å². The zero-order chi connectivity index (χ0) is 23.3. The van der Waals surface area contributed by atoms with Crippen LogP contribution in [0.15, 0.2) is 48.5 Å². The lowest BCUT2D eigenvalue weighted by molar-refractivity contribution is 0.0664. The van der Waals surface area contributed by atoms with Crippen LogP contribution in [0.5, 0.6) is 0 Å². The lowest BCUT2D eigenvalue weighted by Crippen LogP contribution is -2.47. The molecule has 3 aromatic rings. The van der Waals surface area contributed by atoms with Gasteiger partial charge in [-0.15, -0.1) is 0 Å². The van der Waals surface area contributed by atoms with Gasteiger partial charge >= 0.3 is 0 Å². The molecular weight excluding hydrogens is 457 g/mol. The van der Waals surface area contributed by atoms with Crippen LogP contribution in [0.3, 0.4) is 0 Å². The molecule has 1 saturated heterocycles. The van der Waals surface area contributed by atoms with E-state index in [0.29, 0.717) is 27.6 Å². The largest absolute Gasteiger partial charge is 0.366 e. The number of piperazine rings is 1. The van der Waals surface area contributed by atoms with Gasteiger partial charge < -0.3 is 15.5 Å². The summed E-state index contributed by atoms with van der Waals surface area (Å²) in [5, 5.41) is 0.919. The monoisotopic (exact) mass is 479 g/mol. The van der Waals surface area contributed by atoms with Crippen LogP contribution in [0.2, 0.25) is 10.0 Å². The van der Waals surface area contributed by atoms with E-state index >= 15 is 0 Å². The number of likely N-dealkylation sites (N-methyl/N-ethyl adjacent to an activating group) is 1. The van der Waals surface area contributed by atoms with Crippen LogP contribution in [0.4, 0.5) is 0 Å². The second-order valence-corrected chi connectivity index (χ2v) is 9.50. The van der Waals surface area contributed by atoms with Gasteiger partial charge in [0, 0.05) is 37.3 Å². The Bertz CT molecular complexity index is 1300. The average molecular weight is 480 g/mol. The predicted molar refractivity (Wildman–Crippen MR) is 132 cm³/mol. The molecule has 2 aliphatic rings. The maximum absolute atomic E-state index is 13.1. The van der Waals surface area contributed by atoms with E-state index in [1.54, 1.807) is 12.1 Å². The molecule has 0 radical (unpaired) electrons. The molecule has 0 saturated carbocycles. The first kappa shape index (κ1) is 22.0. The summed E-state index contributed by atoms with van der Waals surface area (Å²) in [6.45, 7) is 3.21. The number of primary amides is 1. The Labute approximate surface area is 202 Å². The van der Waals surface area contributed by atoms with Gasteiger partial charge in [0.1, 0.15) is 0 Å². The maximum atomic E-state index is 13.1. The Morgan fingerprint density at radius 1 is 0.848 bits per heavy atom.